The highest BCUT2D eigenvalue weighted by Gasteiger charge is 2.12. The zero-order valence-electron chi connectivity index (χ0n) is 12.6. The molecule has 2 rings (SSSR count). The van der Waals surface area contributed by atoms with Gasteiger partial charge in [0, 0.05) is 17.9 Å². The molecule has 0 bridgehead atoms. The van der Waals surface area contributed by atoms with Gasteiger partial charge in [-0.15, -0.1) is 0 Å². The lowest BCUT2D eigenvalue weighted by Gasteiger charge is -2.13. The van der Waals surface area contributed by atoms with Crippen LogP contribution in [0.5, 0.6) is 11.5 Å². The molecule has 0 N–H and O–H groups in total. The minimum atomic E-state index is 0.353. The van der Waals surface area contributed by atoms with Crippen LogP contribution in [0, 0.1) is 0 Å². The summed E-state index contributed by atoms with van der Waals surface area (Å²) >= 11 is 28.0. The third-order valence-electron chi connectivity index (χ3n) is 2.91. The summed E-state index contributed by atoms with van der Waals surface area (Å²) < 4.78 is 18.8. The van der Waals surface area contributed by atoms with Gasteiger partial charge in [-0.3, -0.25) is 0 Å². The normalized spacial score (nSPS) is 12.0. The topological polar surface area (TPSA) is 18.5 Å². The lowest BCUT2D eigenvalue weighted by Crippen LogP contribution is -2.05. The summed E-state index contributed by atoms with van der Waals surface area (Å²) in [4.78, 5) is 0. The van der Waals surface area contributed by atoms with Crippen molar-refractivity contribution in [2.75, 3.05) is 13.2 Å². The van der Waals surface area contributed by atoms with Crippen LogP contribution >= 0.6 is 127 Å². The van der Waals surface area contributed by atoms with Gasteiger partial charge >= 0.3 is 0 Å². The highest BCUT2D eigenvalue weighted by Crippen LogP contribution is 2.38. The molecule has 2 nitrogen and oxygen atoms in total. The Hall–Kier alpha value is 1.62. The predicted molar refractivity (Wildman–Crippen MR) is 135 cm³/mol. The highest BCUT2D eigenvalue weighted by atomic mass is 79.9. The maximum Gasteiger partial charge on any atom is 0.148 e. The van der Waals surface area contributed by atoms with E-state index in [1.54, 1.807) is 0 Å². The van der Waals surface area contributed by atoms with Crippen molar-refractivity contribution in [3.8, 4) is 11.5 Å². The van der Waals surface area contributed by atoms with E-state index in [0.717, 1.165) is 47.3 Å². The lowest BCUT2D eigenvalue weighted by atomic mass is 10.3. The summed E-state index contributed by atoms with van der Waals surface area (Å²) in [7, 11) is 0. The molecule has 0 aromatic heterocycles. The van der Waals surface area contributed by atoms with Gasteiger partial charge in [0.2, 0.25) is 0 Å². The molecule has 26 heavy (non-hydrogen) atoms. The predicted octanol–water partition coefficient (Wildman–Crippen LogP) is 9.72. The second-order valence-corrected chi connectivity index (χ2v) is 11.9. The fourth-order valence-corrected chi connectivity index (χ4v) is 7.19. The summed E-state index contributed by atoms with van der Waals surface area (Å²) in [6.07, 6.45) is 0. The number of hydrogen-bond acceptors (Lipinski definition) is 2. The van der Waals surface area contributed by atoms with Crippen molar-refractivity contribution in [2.45, 2.75) is 0 Å². The molecule has 0 saturated heterocycles. The summed E-state index contributed by atoms with van der Waals surface area (Å²) in [5.41, 5.74) is 0. The Bertz CT molecular complexity index is 735. The minimum Gasteiger partial charge on any atom is -0.486 e. The maximum absolute atomic E-state index is 5.89. The van der Waals surface area contributed by atoms with Gasteiger partial charge in [0.25, 0.3) is 0 Å². The van der Waals surface area contributed by atoms with Gasteiger partial charge in [0.15, 0.2) is 0 Å². The second-order valence-electron chi connectivity index (χ2n) is 4.78. The maximum atomic E-state index is 5.89. The van der Waals surface area contributed by atoms with Crippen LogP contribution in [0.3, 0.4) is 0 Å². The van der Waals surface area contributed by atoms with Crippen molar-refractivity contribution < 1.29 is 9.47 Å². The average Bonchev–Trinajstić information content (AvgIpc) is 2.52. The van der Waals surface area contributed by atoms with Gasteiger partial charge in [0.1, 0.15) is 24.7 Å². The second kappa shape index (κ2) is 11.1. The first-order chi connectivity index (χ1) is 12.2. The Morgan fingerprint density at radius 1 is 0.577 bits per heavy atom. The first-order valence-electron chi connectivity index (χ1n) is 6.76. The van der Waals surface area contributed by atoms with Gasteiger partial charge in [-0.25, -0.2) is 0 Å². The summed E-state index contributed by atoms with van der Waals surface area (Å²) in [5, 5.41) is 0. The molecule has 0 atom stereocenters. The molecule has 0 spiro atoms. The van der Waals surface area contributed by atoms with Crippen LogP contribution in [0.2, 0.25) is 0 Å². The van der Waals surface area contributed by atoms with Crippen molar-refractivity contribution in [2.24, 2.45) is 0 Å². The molecule has 0 fully saturated rings. The lowest BCUT2D eigenvalue weighted by molar-refractivity contribution is 0.342. The molecule has 140 valence electrons. The van der Waals surface area contributed by atoms with Crippen LogP contribution in [0.25, 0.3) is 0 Å². The van der Waals surface area contributed by atoms with Gasteiger partial charge < -0.3 is 9.47 Å². The summed E-state index contributed by atoms with van der Waals surface area (Å²) in [6.45, 7) is 0.705. The number of benzene rings is 2. The van der Waals surface area contributed by atoms with E-state index in [1.807, 2.05) is 24.3 Å². The molecule has 2 aromatic carbocycles. The van der Waals surface area contributed by atoms with E-state index < -0.39 is 0 Å². The third-order valence-corrected chi connectivity index (χ3v) is 8.13. The zero-order chi connectivity index (χ0) is 19.4. The van der Waals surface area contributed by atoms with Gasteiger partial charge in [0.05, 0.1) is 17.9 Å². The van der Waals surface area contributed by atoms with Crippen molar-refractivity contribution >= 4 is 127 Å². The Kier molecular flexibility index (Phi) is 10.2. The number of hydrogen-bond donors (Lipinski definition) is 0. The fraction of sp³-hybridized carbons (Fsp3) is 0.125. The van der Waals surface area contributed by atoms with Crippen molar-refractivity contribution in [1.29, 1.82) is 0 Å². The molecule has 2 aromatic rings. The Labute approximate surface area is 218 Å². The smallest absolute Gasteiger partial charge is 0.148 e. The molecule has 0 saturated carbocycles. The van der Waals surface area contributed by atoms with E-state index in [2.05, 4.69) is 127 Å². The monoisotopic (exact) mass is 863 g/mol. The minimum absolute atomic E-state index is 0.353. The average molecular weight is 871 g/mol. The van der Waals surface area contributed by atoms with Gasteiger partial charge in [-0.2, -0.15) is 0 Å². The zero-order valence-corrected chi connectivity index (χ0v) is 25.3. The fourth-order valence-electron chi connectivity index (χ4n) is 1.76. The molecule has 0 aliphatic carbocycles. The number of rotatable bonds is 6. The Morgan fingerprint density at radius 2 is 0.846 bits per heavy atom. The van der Waals surface area contributed by atoms with Crippen LogP contribution in [0.4, 0.5) is 0 Å². The van der Waals surface area contributed by atoms with Crippen molar-refractivity contribution in [1.82, 2.24) is 0 Å². The molecular formula is C16H8Br8O2. The summed E-state index contributed by atoms with van der Waals surface area (Å²) in [6, 6.07) is 7.72. The van der Waals surface area contributed by atoms with Gasteiger partial charge in [-0.1, -0.05) is 63.7 Å². The third kappa shape index (κ3) is 6.85. The quantitative estimate of drug-likeness (QED) is 0.288. The molecule has 0 amide bonds. The standard InChI is InChI=1S/C16H8Br8O2/c17-7-1-9(19)15(10(20)2-7)25-5-13(23)14(24)6-26-16-11(21)3-8(18)4-12(16)22/h1-4H,5-6H2. The first kappa shape index (κ1) is 23.9. The van der Waals surface area contributed by atoms with Crippen LogP contribution < -0.4 is 9.47 Å². The van der Waals surface area contributed by atoms with E-state index in [9.17, 15) is 0 Å². The number of ether oxygens (including phenoxy) is 2. The van der Waals surface area contributed by atoms with Crippen LogP contribution in [-0.4, -0.2) is 13.2 Å². The summed E-state index contributed by atoms with van der Waals surface area (Å²) in [5.74, 6) is 1.45. The molecule has 0 aliphatic rings. The van der Waals surface area contributed by atoms with Crippen LogP contribution in [0.1, 0.15) is 0 Å². The molecule has 0 heterocycles. The Balaban J connectivity index is 2.04. The van der Waals surface area contributed by atoms with E-state index in [1.165, 1.54) is 0 Å². The van der Waals surface area contributed by atoms with E-state index in [0.29, 0.717) is 13.2 Å². The van der Waals surface area contributed by atoms with E-state index in [-0.39, 0.29) is 0 Å². The van der Waals surface area contributed by atoms with Crippen molar-refractivity contribution in [3.63, 3.8) is 0 Å². The van der Waals surface area contributed by atoms with E-state index in [4.69, 9.17) is 9.47 Å². The molecule has 10 heteroatoms. The van der Waals surface area contributed by atoms with E-state index >= 15 is 0 Å². The van der Waals surface area contributed by atoms with Crippen molar-refractivity contribution in [3.05, 3.63) is 60.1 Å². The largest absolute Gasteiger partial charge is 0.486 e. The van der Waals surface area contributed by atoms with Gasteiger partial charge in [-0.05, 0) is 88.0 Å². The SMILES string of the molecule is BrC(COc1c(Br)cc(Br)cc1Br)=C(Br)COc1c(Br)cc(Br)cc1Br. The Morgan fingerprint density at radius 3 is 1.12 bits per heavy atom. The molecule has 0 unspecified atom stereocenters. The molecule has 0 aliphatic heterocycles. The molecular weight excluding hydrogens is 863 g/mol. The van der Waals surface area contributed by atoms with Crippen LogP contribution in [0.15, 0.2) is 60.1 Å². The first-order valence-corrected chi connectivity index (χ1v) is 13.1. The van der Waals surface area contributed by atoms with Crippen LogP contribution in [-0.2, 0) is 0 Å². The highest BCUT2D eigenvalue weighted by molar-refractivity contribution is 9.14. The number of halogens is 8. The molecule has 0 radical (unpaired) electrons.